The van der Waals surface area contributed by atoms with E-state index in [1.54, 1.807) is 0 Å². The highest BCUT2D eigenvalue weighted by molar-refractivity contribution is 5.16. The average Bonchev–Trinajstić information content (AvgIpc) is 2.70. The molecule has 0 amide bonds. The molecule has 1 fully saturated rings. The normalized spacial score (nSPS) is 33.4. The molecular formula is C9H10O2. The number of allylic oxidation sites excluding steroid dienone is 2. The minimum absolute atomic E-state index is 0.329. The van der Waals surface area contributed by atoms with E-state index in [0.29, 0.717) is 6.61 Å². The number of ether oxygens (including phenoxy) is 2. The van der Waals surface area contributed by atoms with E-state index >= 15 is 0 Å². The summed E-state index contributed by atoms with van der Waals surface area (Å²) >= 11 is 0. The second-order valence-corrected chi connectivity index (χ2v) is 2.90. The van der Waals surface area contributed by atoms with Crippen LogP contribution in [0.2, 0.25) is 0 Å². The first-order valence-electron chi connectivity index (χ1n) is 3.72. The smallest absolute Gasteiger partial charge is 0.231 e. The molecule has 0 aromatic carbocycles. The minimum Gasteiger partial charge on any atom is -0.464 e. The van der Waals surface area contributed by atoms with Gasteiger partial charge in [0.2, 0.25) is 5.79 Å². The van der Waals surface area contributed by atoms with Crippen molar-refractivity contribution in [2.45, 2.75) is 19.1 Å². The summed E-state index contributed by atoms with van der Waals surface area (Å²) in [5.74, 6) is 0.633. The van der Waals surface area contributed by atoms with E-state index in [1.807, 2.05) is 25.2 Å². The Labute approximate surface area is 65.8 Å². The lowest BCUT2D eigenvalue weighted by atomic mass is 10.2. The number of hydrogen-bond acceptors (Lipinski definition) is 2. The molecule has 1 atom stereocenters. The highest BCUT2D eigenvalue weighted by Crippen LogP contribution is 2.31. The summed E-state index contributed by atoms with van der Waals surface area (Å²) < 4.78 is 10.6. The first-order chi connectivity index (χ1) is 5.29. The molecule has 1 unspecified atom stereocenters. The Morgan fingerprint density at radius 1 is 1.73 bits per heavy atom. The second kappa shape index (κ2) is 2.26. The Morgan fingerprint density at radius 2 is 2.55 bits per heavy atom. The molecule has 0 bridgehead atoms. The fraction of sp³-hybridized carbons (Fsp3) is 0.444. The molecule has 58 valence electrons. The van der Waals surface area contributed by atoms with Gasteiger partial charge in [-0.2, -0.15) is 0 Å². The van der Waals surface area contributed by atoms with E-state index in [-0.39, 0.29) is 5.79 Å². The summed E-state index contributed by atoms with van der Waals surface area (Å²) in [5.41, 5.74) is 2.97. The number of hydrogen-bond donors (Lipinski definition) is 0. The van der Waals surface area contributed by atoms with Gasteiger partial charge < -0.3 is 9.47 Å². The first kappa shape index (κ1) is 6.71. The van der Waals surface area contributed by atoms with Crippen LogP contribution in [0.1, 0.15) is 13.3 Å². The molecule has 2 aliphatic rings. The molecule has 0 N–H and O–H groups in total. The molecule has 1 heterocycles. The summed E-state index contributed by atoms with van der Waals surface area (Å²) in [4.78, 5) is 0. The fourth-order valence-corrected chi connectivity index (χ4v) is 0.950. The third-order valence-electron chi connectivity index (χ3n) is 1.68. The molecule has 2 heteroatoms. The van der Waals surface area contributed by atoms with Gasteiger partial charge in [-0.25, -0.2) is 0 Å². The van der Waals surface area contributed by atoms with Gasteiger partial charge in [-0.05, 0) is 18.2 Å². The number of rotatable bonds is 2. The zero-order valence-electron chi connectivity index (χ0n) is 6.46. The Bertz CT molecular complexity index is 253. The second-order valence-electron chi connectivity index (χ2n) is 2.90. The molecule has 1 aliphatic carbocycles. The van der Waals surface area contributed by atoms with Crippen molar-refractivity contribution in [3.8, 4) is 0 Å². The maximum absolute atomic E-state index is 5.53. The Hall–Kier alpha value is -0.980. The van der Waals surface area contributed by atoms with E-state index < -0.39 is 0 Å². The van der Waals surface area contributed by atoms with Crippen LogP contribution in [-0.4, -0.2) is 12.4 Å². The van der Waals surface area contributed by atoms with Gasteiger partial charge in [-0.3, -0.25) is 0 Å². The molecule has 2 nitrogen and oxygen atoms in total. The Balaban J connectivity index is 1.97. The van der Waals surface area contributed by atoms with Gasteiger partial charge in [-0.1, -0.05) is 0 Å². The molecule has 0 aromatic rings. The standard InChI is InChI=1S/C9H10O2/c1-9(7-10-9)11-8-5-3-2-4-6-8/h3-5H,6-7H2,1H3. The predicted octanol–water partition coefficient (Wildman–Crippen LogP) is 1.75. The Kier molecular flexibility index (Phi) is 1.38. The number of epoxide rings is 1. The average molecular weight is 150 g/mol. The van der Waals surface area contributed by atoms with Crippen molar-refractivity contribution in [1.29, 1.82) is 0 Å². The van der Waals surface area contributed by atoms with Crippen LogP contribution in [0.25, 0.3) is 0 Å². The van der Waals surface area contributed by atoms with Gasteiger partial charge in [-0.15, -0.1) is 5.73 Å². The first-order valence-corrected chi connectivity index (χ1v) is 3.72. The quantitative estimate of drug-likeness (QED) is 0.442. The van der Waals surface area contributed by atoms with E-state index in [9.17, 15) is 0 Å². The van der Waals surface area contributed by atoms with Crippen molar-refractivity contribution < 1.29 is 9.47 Å². The summed E-state index contributed by atoms with van der Waals surface area (Å²) in [6, 6.07) is 0. The lowest BCUT2D eigenvalue weighted by Gasteiger charge is -2.11. The van der Waals surface area contributed by atoms with Crippen LogP contribution < -0.4 is 0 Å². The van der Waals surface area contributed by atoms with Crippen LogP contribution in [0.3, 0.4) is 0 Å². The lowest BCUT2D eigenvalue weighted by Crippen LogP contribution is -2.10. The van der Waals surface area contributed by atoms with Crippen molar-refractivity contribution in [2.75, 3.05) is 6.61 Å². The van der Waals surface area contributed by atoms with Crippen molar-refractivity contribution in [3.05, 3.63) is 29.7 Å². The molecule has 2 rings (SSSR count). The van der Waals surface area contributed by atoms with Crippen LogP contribution >= 0.6 is 0 Å². The zero-order valence-corrected chi connectivity index (χ0v) is 6.46. The highest BCUT2D eigenvalue weighted by Gasteiger charge is 2.42. The van der Waals surface area contributed by atoms with E-state index in [4.69, 9.17) is 9.47 Å². The van der Waals surface area contributed by atoms with Gasteiger partial charge in [0.25, 0.3) is 0 Å². The molecule has 0 saturated carbocycles. The van der Waals surface area contributed by atoms with Crippen LogP contribution in [0.15, 0.2) is 29.7 Å². The van der Waals surface area contributed by atoms with Gasteiger partial charge >= 0.3 is 0 Å². The predicted molar refractivity (Wildman–Crippen MR) is 40.8 cm³/mol. The molecule has 0 radical (unpaired) electrons. The summed E-state index contributed by atoms with van der Waals surface area (Å²) in [6.45, 7) is 2.65. The molecule has 1 aliphatic heterocycles. The van der Waals surface area contributed by atoms with Crippen molar-refractivity contribution in [2.24, 2.45) is 0 Å². The largest absolute Gasteiger partial charge is 0.464 e. The molecule has 0 spiro atoms. The van der Waals surface area contributed by atoms with Gasteiger partial charge in [0.15, 0.2) is 0 Å². The lowest BCUT2D eigenvalue weighted by molar-refractivity contribution is 0.0148. The van der Waals surface area contributed by atoms with E-state index in [1.165, 1.54) is 0 Å². The van der Waals surface area contributed by atoms with Crippen LogP contribution in [-0.2, 0) is 9.47 Å². The summed E-state index contributed by atoms with van der Waals surface area (Å²) in [6.07, 6.45) is 6.55. The minimum atomic E-state index is -0.329. The van der Waals surface area contributed by atoms with Crippen molar-refractivity contribution in [3.63, 3.8) is 0 Å². The van der Waals surface area contributed by atoms with Gasteiger partial charge in [0, 0.05) is 13.3 Å². The van der Waals surface area contributed by atoms with Gasteiger partial charge in [0.1, 0.15) is 12.4 Å². The van der Waals surface area contributed by atoms with E-state index in [0.717, 1.165) is 12.2 Å². The third-order valence-corrected chi connectivity index (χ3v) is 1.68. The van der Waals surface area contributed by atoms with Crippen molar-refractivity contribution >= 4 is 0 Å². The van der Waals surface area contributed by atoms with Crippen LogP contribution in [0.4, 0.5) is 0 Å². The van der Waals surface area contributed by atoms with E-state index in [2.05, 4.69) is 5.73 Å². The molecule has 1 saturated heterocycles. The monoisotopic (exact) mass is 150 g/mol. The summed E-state index contributed by atoms with van der Waals surface area (Å²) in [7, 11) is 0. The Morgan fingerprint density at radius 3 is 3.09 bits per heavy atom. The molecule has 11 heavy (non-hydrogen) atoms. The topological polar surface area (TPSA) is 21.8 Å². The third kappa shape index (κ3) is 1.53. The maximum atomic E-state index is 5.53. The van der Waals surface area contributed by atoms with Gasteiger partial charge in [0.05, 0.1) is 0 Å². The van der Waals surface area contributed by atoms with Crippen LogP contribution in [0, 0.1) is 0 Å². The van der Waals surface area contributed by atoms with Crippen molar-refractivity contribution in [1.82, 2.24) is 0 Å². The zero-order chi connectivity index (χ0) is 7.73. The SMILES string of the molecule is CC1(OC2=CC=C=CC2)CO1. The maximum Gasteiger partial charge on any atom is 0.231 e. The summed E-state index contributed by atoms with van der Waals surface area (Å²) in [5, 5.41) is 0. The van der Waals surface area contributed by atoms with Crippen LogP contribution in [0.5, 0.6) is 0 Å². The molecule has 0 aromatic heterocycles. The fourth-order valence-electron chi connectivity index (χ4n) is 0.950. The highest BCUT2D eigenvalue weighted by atomic mass is 16.8. The molecular weight excluding hydrogens is 140 g/mol.